The summed E-state index contributed by atoms with van der Waals surface area (Å²) in [7, 11) is 0. The molecule has 11 heteroatoms. The summed E-state index contributed by atoms with van der Waals surface area (Å²) in [5.74, 6) is -2.74. The third-order valence-corrected chi connectivity index (χ3v) is 4.08. The third-order valence-electron chi connectivity index (χ3n) is 4.08. The molecule has 0 radical (unpaired) electrons. The van der Waals surface area contributed by atoms with Gasteiger partial charge >= 0.3 is 17.9 Å². The van der Waals surface area contributed by atoms with E-state index in [2.05, 4.69) is 20.0 Å². The molecule has 0 unspecified atom stereocenters. The van der Waals surface area contributed by atoms with E-state index in [1.54, 1.807) is 24.3 Å². The van der Waals surface area contributed by atoms with Gasteiger partial charge < -0.3 is 10.4 Å². The van der Waals surface area contributed by atoms with Crippen LogP contribution in [0.15, 0.2) is 33.6 Å². The molecule has 152 valence electrons. The number of halogens is 3. The number of benzene rings is 1. The monoisotopic (exact) mass is 401 g/mol. The molecule has 1 aliphatic rings. The van der Waals surface area contributed by atoms with Crippen LogP contribution in [-0.4, -0.2) is 33.3 Å². The lowest BCUT2D eigenvalue weighted by atomic mass is 9.88. The molecule has 1 aliphatic carbocycles. The lowest BCUT2D eigenvalue weighted by molar-refractivity contribution is -0.192. The maximum absolute atomic E-state index is 12.1. The van der Waals surface area contributed by atoms with E-state index in [9.17, 15) is 22.8 Å². The van der Waals surface area contributed by atoms with Crippen LogP contribution in [0.4, 0.5) is 18.9 Å². The Morgan fingerprint density at radius 1 is 1.14 bits per heavy atom. The number of H-pyrrole nitrogens is 1. The highest BCUT2D eigenvalue weighted by molar-refractivity contribution is 5.92. The molecule has 8 nitrogen and oxygen atoms in total. The average molecular weight is 401 g/mol. The van der Waals surface area contributed by atoms with Crippen molar-refractivity contribution in [1.82, 2.24) is 10.1 Å². The standard InChI is InChI=1S/C15H17N3O3.C2HF3O2/c19-14(11-4-2-1-3-5-11)16-12-8-6-10(7-9-12)13-17-15(20)21-18-13;3-2(4,5)1(6)7/h6-9,11H,1-5H2,(H,16,19)(H,17,18,20);(H,6,7). The number of anilines is 1. The largest absolute Gasteiger partial charge is 0.490 e. The van der Waals surface area contributed by atoms with Crippen LogP contribution >= 0.6 is 0 Å². The van der Waals surface area contributed by atoms with Crippen LogP contribution in [0.2, 0.25) is 0 Å². The highest BCUT2D eigenvalue weighted by Crippen LogP contribution is 2.25. The number of hydrogen-bond donors (Lipinski definition) is 3. The molecule has 1 aromatic carbocycles. The number of nitrogens with one attached hydrogen (secondary N) is 2. The predicted molar refractivity (Wildman–Crippen MR) is 91.5 cm³/mol. The molecule has 1 fully saturated rings. The van der Waals surface area contributed by atoms with Crippen molar-refractivity contribution < 1.29 is 32.4 Å². The number of carboxylic acids is 1. The fourth-order valence-electron chi connectivity index (χ4n) is 2.67. The van der Waals surface area contributed by atoms with Crippen molar-refractivity contribution in [2.75, 3.05) is 5.32 Å². The van der Waals surface area contributed by atoms with Crippen molar-refractivity contribution in [3.63, 3.8) is 0 Å². The van der Waals surface area contributed by atoms with Gasteiger partial charge in [-0.3, -0.25) is 14.3 Å². The highest BCUT2D eigenvalue weighted by atomic mass is 19.4. The topological polar surface area (TPSA) is 125 Å². The van der Waals surface area contributed by atoms with Crippen molar-refractivity contribution in [3.8, 4) is 11.4 Å². The van der Waals surface area contributed by atoms with Crippen LogP contribution in [-0.2, 0) is 9.59 Å². The van der Waals surface area contributed by atoms with Gasteiger partial charge in [-0.25, -0.2) is 9.59 Å². The zero-order valence-electron chi connectivity index (χ0n) is 14.6. The van der Waals surface area contributed by atoms with Crippen LogP contribution < -0.4 is 11.1 Å². The quantitative estimate of drug-likeness (QED) is 0.725. The molecule has 28 heavy (non-hydrogen) atoms. The highest BCUT2D eigenvalue weighted by Gasteiger charge is 2.38. The van der Waals surface area contributed by atoms with Crippen LogP contribution in [0.5, 0.6) is 0 Å². The summed E-state index contributed by atoms with van der Waals surface area (Å²) in [6, 6.07) is 7.15. The number of nitrogens with zero attached hydrogens (tertiary/aromatic N) is 1. The maximum Gasteiger partial charge on any atom is 0.490 e. The molecule has 3 rings (SSSR count). The smallest absolute Gasteiger partial charge is 0.475 e. The van der Waals surface area contributed by atoms with Gasteiger partial charge in [0.15, 0.2) is 5.82 Å². The van der Waals surface area contributed by atoms with Gasteiger partial charge in [0.2, 0.25) is 5.91 Å². The van der Waals surface area contributed by atoms with Crippen LogP contribution in [0, 0.1) is 5.92 Å². The summed E-state index contributed by atoms with van der Waals surface area (Å²) in [6.45, 7) is 0. The molecule has 3 N–H and O–H groups in total. The second kappa shape index (κ2) is 9.20. The lowest BCUT2D eigenvalue weighted by Crippen LogP contribution is -2.24. The van der Waals surface area contributed by atoms with Gasteiger partial charge in [0.1, 0.15) is 0 Å². The summed E-state index contributed by atoms with van der Waals surface area (Å²) in [4.78, 5) is 34.4. The summed E-state index contributed by atoms with van der Waals surface area (Å²) < 4.78 is 36.2. The lowest BCUT2D eigenvalue weighted by Gasteiger charge is -2.20. The average Bonchev–Trinajstić information content (AvgIpc) is 3.09. The first kappa shape index (κ1) is 21.2. The van der Waals surface area contributed by atoms with Gasteiger partial charge in [-0.2, -0.15) is 13.2 Å². The van der Waals surface area contributed by atoms with Crippen LogP contribution in [0.25, 0.3) is 11.4 Å². The van der Waals surface area contributed by atoms with Crippen molar-refractivity contribution in [2.45, 2.75) is 38.3 Å². The van der Waals surface area contributed by atoms with Crippen LogP contribution in [0.1, 0.15) is 32.1 Å². The number of carboxylic acid groups (broad SMARTS) is 1. The molecule has 1 saturated carbocycles. The zero-order valence-corrected chi connectivity index (χ0v) is 14.6. The minimum atomic E-state index is -5.08. The molecule has 0 aliphatic heterocycles. The summed E-state index contributed by atoms with van der Waals surface area (Å²) in [5, 5.41) is 13.7. The number of aliphatic carboxylic acids is 1. The van der Waals surface area contributed by atoms with Crippen molar-refractivity contribution in [1.29, 1.82) is 0 Å². The molecule has 1 aromatic heterocycles. The number of alkyl halides is 3. The molecule has 0 spiro atoms. The molecule has 0 atom stereocenters. The Kier molecular flexibility index (Phi) is 6.96. The Morgan fingerprint density at radius 2 is 1.71 bits per heavy atom. The van der Waals surface area contributed by atoms with Crippen molar-refractivity contribution >= 4 is 17.6 Å². The Labute approximate surface area is 156 Å². The normalized spacial score (nSPS) is 14.7. The molecular formula is C17H18F3N3O5. The van der Waals surface area contributed by atoms with Gasteiger partial charge in [0.05, 0.1) is 0 Å². The van der Waals surface area contributed by atoms with Gasteiger partial charge in [0, 0.05) is 17.2 Å². The van der Waals surface area contributed by atoms with E-state index in [4.69, 9.17) is 9.90 Å². The molecule has 0 saturated heterocycles. The summed E-state index contributed by atoms with van der Waals surface area (Å²) in [5.41, 5.74) is 1.48. The Balaban J connectivity index is 0.000000345. The Hall–Kier alpha value is -3.11. The third kappa shape index (κ3) is 6.25. The number of aromatic nitrogens is 2. The number of rotatable bonds is 3. The van der Waals surface area contributed by atoms with Crippen LogP contribution in [0.3, 0.4) is 0 Å². The van der Waals surface area contributed by atoms with E-state index in [1.165, 1.54) is 6.42 Å². The summed E-state index contributed by atoms with van der Waals surface area (Å²) in [6.07, 6.45) is 0.371. The fourth-order valence-corrected chi connectivity index (χ4v) is 2.67. The first-order chi connectivity index (χ1) is 13.2. The number of carbonyl (C=O) groups is 2. The van der Waals surface area contributed by atoms with Gasteiger partial charge in [-0.05, 0) is 37.1 Å². The predicted octanol–water partition coefficient (Wildman–Crippen LogP) is 3.18. The minimum Gasteiger partial charge on any atom is -0.475 e. The number of hydrogen-bond acceptors (Lipinski definition) is 5. The van der Waals surface area contributed by atoms with E-state index in [1.807, 2.05) is 0 Å². The number of carbonyl (C=O) groups excluding carboxylic acids is 1. The van der Waals surface area contributed by atoms with Crippen molar-refractivity contribution in [3.05, 3.63) is 34.8 Å². The Morgan fingerprint density at radius 3 is 2.18 bits per heavy atom. The zero-order chi connectivity index (χ0) is 20.7. The van der Waals surface area contributed by atoms with Gasteiger partial charge in [0.25, 0.3) is 0 Å². The number of aromatic amines is 1. The first-order valence-electron chi connectivity index (χ1n) is 8.44. The molecule has 1 heterocycles. The van der Waals surface area contributed by atoms with E-state index in [0.29, 0.717) is 5.82 Å². The molecule has 1 amide bonds. The first-order valence-corrected chi connectivity index (χ1v) is 8.44. The van der Waals surface area contributed by atoms with E-state index in [-0.39, 0.29) is 11.8 Å². The molecule has 0 bridgehead atoms. The van der Waals surface area contributed by atoms with Gasteiger partial charge in [-0.15, -0.1) is 0 Å². The maximum atomic E-state index is 12.1. The van der Waals surface area contributed by atoms with Crippen molar-refractivity contribution in [2.24, 2.45) is 5.92 Å². The van der Waals surface area contributed by atoms with E-state index in [0.717, 1.165) is 36.9 Å². The summed E-state index contributed by atoms with van der Waals surface area (Å²) >= 11 is 0. The van der Waals surface area contributed by atoms with E-state index >= 15 is 0 Å². The SMILES string of the molecule is O=C(Nc1ccc(-c2noc(=O)[nH]2)cc1)C1CCCCC1.O=C(O)C(F)(F)F. The molecular weight excluding hydrogens is 383 g/mol. The number of amides is 1. The second-order valence-corrected chi connectivity index (χ2v) is 6.15. The Bertz CT molecular complexity index is 852. The fraction of sp³-hybridized carbons (Fsp3) is 0.412. The molecule has 2 aromatic rings. The van der Waals surface area contributed by atoms with E-state index < -0.39 is 17.9 Å². The van der Waals surface area contributed by atoms with Gasteiger partial charge in [-0.1, -0.05) is 24.4 Å². The second-order valence-electron chi connectivity index (χ2n) is 6.15. The minimum absolute atomic E-state index is 0.0947.